The van der Waals surface area contributed by atoms with Crippen molar-refractivity contribution in [1.82, 2.24) is 5.32 Å². The molecule has 6 saturated carbocycles. The molecule has 1 aromatic rings. The van der Waals surface area contributed by atoms with Crippen LogP contribution in [0.2, 0.25) is 0 Å². The van der Waals surface area contributed by atoms with E-state index in [-0.39, 0.29) is 17.4 Å². The fourth-order valence-electron chi connectivity index (χ4n) is 7.38. The van der Waals surface area contributed by atoms with Crippen LogP contribution < -0.4 is 5.32 Å². The number of carbonyl (C=O) groups excluding carboxylic acids is 1. The highest BCUT2D eigenvalue weighted by Gasteiger charge is 2.79. The standard InChI is InChI=1S/C18H19NO2/c20-16-11-3-1-2-4-13(11)18(21)14-10-5-9-6-12(14)15(18)17(7-9,8-10)19-16/h1-4,9-10,12,14-15,21H,5-8H2,(H,19,20)/t9-,10-,12-,14?,15?,17-,18?/m1/s1. The van der Waals surface area contributed by atoms with Crippen LogP contribution in [-0.4, -0.2) is 16.6 Å². The first-order valence-electron chi connectivity index (χ1n) is 8.28. The third-order valence-electron chi connectivity index (χ3n) is 7.46. The van der Waals surface area contributed by atoms with E-state index in [1.165, 1.54) is 12.8 Å². The van der Waals surface area contributed by atoms with Gasteiger partial charge in [-0.25, -0.2) is 0 Å². The fraction of sp³-hybridized carbons (Fsp3) is 0.611. The van der Waals surface area contributed by atoms with E-state index in [1.54, 1.807) is 0 Å². The van der Waals surface area contributed by atoms with E-state index in [0.29, 0.717) is 23.3 Å². The van der Waals surface area contributed by atoms with Crippen molar-refractivity contribution in [2.24, 2.45) is 29.6 Å². The largest absolute Gasteiger partial charge is 0.384 e. The van der Waals surface area contributed by atoms with Gasteiger partial charge in [0, 0.05) is 17.0 Å². The topological polar surface area (TPSA) is 49.3 Å². The smallest absolute Gasteiger partial charge is 0.252 e. The van der Waals surface area contributed by atoms with E-state index in [1.807, 2.05) is 24.3 Å². The number of carbonyl (C=O) groups is 1. The Morgan fingerprint density at radius 1 is 1.19 bits per heavy atom. The van der Waals surface area contributed by atoms with Gasteiger partial charge in [0.2, 0.25) is 0 Å². The molecule has 0 aromatic heterocycles. The van der Waals surface area contributed by atoms with Gasteiger partial charge in [0.1, 0.15) is 0 Å². The summed E-state index contributed by atoms with van der Waals surface area (Å²) in [5, 5.41) is 15.1. The molecule has 7 aliphatic rings. The molecule has 7 bridgehead atoms. The molecule has 3 nitrogen and oxygen atoms in total. The molecule has 1 spiro atoms. The van der Waals surface area contributed by atoms with Crippen LogP contribution in [-0.2, 0) is 5.60 Å². The van der Waals surface area contributed by atoms with Crippen molar-refractivity contribution in [3.8, 4) is 0 Å². The molecule has 7 atom stereocenters. The predicted octanol–water partition coefficient (Wildman–Crippen LogP) is 2.05. The van der Waals surface area contributed by atoms with E-state index in [2.05, 4.69) is 5.32 Å². The molecule has 1 amide bonds. The van der Waals surface area contributed by atoms with E-state index in [0.717, 1.165) is 24.3 Å². The number of nitrogens with one attached hydrogen (secondary N) is 1. The highest BCUT2D eigenvalue weighted by molar-refractivity contribution is 5.97. The lowest BCUT2D eigenvalue weighted by atomic mass is 9.30. The zero-order chi connectivity index (χ0) is 14.0. The maximum atomic E-state index is 12.7. The zero-order valence-corrected chi connectivity index (χ0v) is 11.9. The minimum absolute atomic E-state index is 0.0362. The van der Waals surface area contributed by atoms with Crippen molar-refractivity contribution in [1.29, 1.82) is 0 Å². The van der Waals surface area contributed by atoms with Crippen molar-refractivity contribution in [2.75, 3.05) is 0 Å². The van der Waals surface area contributed by atoms with Crippen LogP contribution in [0.5, 0.6) is 0 Å². The number of amides is 1. The number of benzene rings is 1. The van der Waals surface area contributed by atoms with Gasteiger partial charge in [-0.15, -0.1) is 0 Å². The van der Waals surface area contributed by atoms with Gasteiger partial charge < -0.3 is 10.4 Å². The van der Waals surface area contributed by atoms with Crippen LogP contribution in [0.25, 0.3) is 0 Å². The molecule has 1 heterocycles. The number of aliphatic hydroxyl groups is 1. The minimum atomic E-state index is -0.755. The van der Waals surface area contributed by atoms with Crippen LogP contribution in [0.1, 0.15) is 41.6 Å². The maximum absolute atomic E-state index is 12.7. The molecule has 8 rings (SSSR count). The molecular weight excluding hydrogens is 262 g/mol. The summed E-state index contributed by atoms with van der Waals surface area (Å²) in [7, 11) is 0. The number of hydrogen-bond donors (Lipinski definition) is 2. The Morgan fingerprint density at radius 2 is 2.05 bits per heavy atom. The highest BCUT2D eigenvalue weighted by atomic mass is 16.3. The summed E-state index contributed by atoms with van der Waals surface area (Å²) in [6.07, 6.45) is 4.71. The summed E-state index contributed by atoms with van der Waals surface area (Å²) >= 11 is 0. The van der Waals surface area contributed by atoms with Crippen molar-refractivity contribution in [3.05, 3.63) is 35.4 Å². The van der Waals surface area contributed by atoms with Gasteiger partial charge in [0.05, 0.1) is 5.60 Å². The predicted molar refractivity (Wildman–Crippen MR) is 76.5 cm³/mol. The Kier molecular flexibility index (Phi) is 1.63. The molecule has 0 saturated heterocycles. The monoisotopic (exact) mass is 281 g/mol. The second-order valence-corrected chi connectivity index (χ2v) is 8.15. The quantitative estimate of drug-likeness (QED) is 0.764. The van der Waals surface area contributed by atoms with Gasteiger partial charge in [-0.05, 0) is 61.0 Å². The third kappa shape index (κ3) is 0.980. The normalized spacial score (nSPS) is 54.5. The first kappa shape index (κ1) is 11.2. The molecule has 2 N–H and O–H groups in total. The Bertz CT molecular complexity index is 688. The van der Waals surface area contributed by atoms with Crippen LogP contribution in [0.4, 0.5) is 0 Å². The first-order chi connectivity index (χ1) is 10.1. The number of fused-ring (bicyclic) bond motifs is 1. The van der Waals surface area contributed by atoms with Gasteiger partial charge >= 0.3 is 0 Å². The van der Waals surface area contributed by atoms with Gasteiger partial charge in [0.15, 0.2) is 0 Å². The van der Waals surface area contributed by atoms with Crippen molar-refractivity contribution >= 4 is 5.91 Å². The van der Waals surface area contributed by atoms with Gasteiger partial charge in [-0.2, -0.15) is 0 Å². The Hall–Kier alpha value is -1.35. The molecule has 1 aromatic carbocycles. The average molecular weight is 281 g/mol. The minimum Gasteiger partial charge on any atom is -0.384 e. The van der Waals surface area contributed by atoms with Crippen LogP contribution in [0, 0.1) is 29.6 Å². The van der Waals surface area contributed by atoms with Crippen LogP contribution in [0.15, 0.2) is 24.3 Å². The Balaban J connectivity index is 1.68. The lowest BCUT2D eigenvalue weighted by Crippen LogP contribution is -2.81. The summed E-state index contributed by atoms with van der Waals surface area (Å²) in [5.41, 5.74) is 0.724. The molecule has 3 unspecified atom stereocenters. The summed E-state index contributed by atoms with van der Waals surface area (Å²) < 4.78 is 0. The molecule has 6 fully saturated rings. The van der Waals surface area contributed by atoms with Crippen LogP contribution in [0.3, 0.4) is 0 Å². The number of rotatable bonds is 0. The highest BCUT2D eigenvalue weighted by Crippen LogP contribution is 2.77. The molecule has 108 valence electrons. The van der Waals surface area contributed by atoms with Crippen LogP contribution >= 0.6 is 0 Å². The lowest BCUT2D eigenvalue weighted by molar-refractivity contribution is -0.326. The van der Waals surface area contributed by atoms with Crippen molar-refractivity contribution < 1.29 is 9.90 Å². The molecule has 6 aliphatic carbocycles. The molecule has 3 heteroatoms. The average Bonchev–Trinajstić information content (AvgIpc) is 2.49. The zero-order valence-electron chi connectivity index (χ0n) is 11.9. The molecular formula is C18H19NO2. The SMILES string of the molecule is O=C1N[C@]23C[C@@H]4C[C@H](C2)C2[C@@H](C4)C3C2(O)c2ccccc21. The van der Waals surface area contributed by atoms with Crippen molar-refractivity contribution in [2.45, 2.75) is 36.8 Å². The fourth-order valence-corrected chi connectivity index (χ4v) is 7.38. The van der Waals surface area contributed by atoms with E-state index in [4.69, 9.17) is 0 Å². The van der Waals surface area contributed by atoms with Gasteiger partial charge in [0.25, 0.3) is 5.91 Å². The summed E-state index contributed by atoms with van der Waals surface area (Å²) in [6.45, 7) is 0. The number of hydrogen-bond acceptors (Lipinski definition) is 2. The van der Waals surface area contributed by atoms with E-state index >= 15 is 0 Å². The summed E-state index contributed by atoms with van der Waals surface area (Å²) in [6, 6.07) is 7.75. The second-order valence-electron chi connectivity index (χ2n) is 8.15. The van der Waals surface area contributed by atoms with Crippen molar-refractivity contribution in [3.63, 3.8) is 0 Å². The third-order valence-corrected chi connectivity index (χ3v) is 7.46. The summed E-state index contributed by atoms with van der Waals surface area (Å²) in [4.78, 5) is 12.7. The first-order valence-corrected chi connectivity index (χ1v) is 8.28. The maximum Gasteiger partial charge on any atom is 0.252 e. The molecule has 0 radical (unpaired) electrons. The molecule has 21 heavy (non-hydrogen) atoms. The van der Waals surface area contributed by atoms with Gasteiger partial charge in [-0.3, -0.25) is 4.79 Å². The Morgan fingerprint density at radius 3 is 2.90 bits per heavy atom. The molecule has 1 aliphatic heterocycles. The van der Waals surface area contributed by atoms with Gasteiger partial charge in [-0.1, -0.05) is 18.2 Å². The van der Waals surface area contributed by atoms with E-state index < -0.39 is 5.60 Å². The second kappa shape index (κ2) is 3.05. The summed E-state index contributed by atoms with van der Waals surface area (Å²) in [5.74, 6) is 2.68. The van der Waals surface area contributed by atoms with E-state index in [9.17, 15) is 9.90 Å². The lowest BCUT2D eigenvalue weighted by Gasteiger charge is -2.77. The Labute approximate surface area is 123 Å².